The van der Waals surface area contributed by atoms with E-state index in [0.29, 0.717) is 17.6 Å². The van der Waals surface area contributed by atoms with Crippen molar-refractivity contribution in [3.8, 4) is 0 Å². The van der Waals surface area contributed by atoms with Gasteiger partial charge in [0, 0.05) is 0 Å². The van der Waals surface area contributed by atoms with Crippen LogP contribution in [0, 0.1) is 0 Å². The first-order valence-corrected chi connectivity index (χ1v) is 5.32. The van der Waals surface area contributed by atoms with Crippen molar-refractivity contribution >= 4 is 23.6 Å². The maximum Gasteiger partial charge on any atom is 0.397 e. The molecule has 1 heterocycles. The lowest BCUT2D eigenvalue weighted by Gasteiger charge is -2.27. The van der Waals surface area contributed by atoms with Gasteiger partial charge in [-0.25, -0.2) is 4.79 Å². The monoisotopic (exact) mass is 266 g/mol. The Labute approximate surface area is 98.9 Å². The zero-order valence-electron chi connectivity index (χ0n) is 8.96. The lowest BCUT2D eigenvalue weighted by atomic mass is 9.84. The molecule has 0 spiro atoms. The fraction of sp³-hybridized carbons (Fsp3) is 0.400. The molecule has 94 valence electrons. The topological polar surface area (TPSA) is 54.4 Å². The maximum absolute atomic E-state index is 12.8. The number of aromatic carboxylic acids is 1. The molecule has 0 bridgehead atoms. The smallest absolute Gasteiger partial charge is 0.397 e. The van der Waals surface area contributed by atoms with Crippen LogP contribution in [0.1, 0.15) is 38.8 Å². The molecule has 17 heavy (non-hydrogen) atoms. The number of carbonyl (C=O) groups excluding carboxylic acids is 1. The van der Waals surface area contributed by atoms with E-state index in [1.165, 1.54) is 0 Å². The van der Waals surface area contributed by atoms with Crippen molar-refractivity contribution in [3.05, 3.63) is 21.4 Å². The Morgan fingerprint density at radius 3 is 2.29 bits per heavy atom. The second-order valence-electron chi connectivity index (χ2n) is 3.94. The lowest BCUT2D eigenvalue weighted by Crippen LogP contribution is -2.37. The van der Waals surface area contributed by atoms with Crippen LogP contribution in [-0.4, -0.2) is 23.5 Å². The Morgan fingerprint density at radius 1 is 1.41 bits per heavy atom. The van der Waals surface area contributed by atoms with E-state index in [4.69, 9.17) is 5.11 Å². The van der Waals surface area contributed by atoms with Crippen LogP contribution in [0.5, 0.6) is 0 Å². The van der Waals surface area contributed by atoms with E-state index < -0.39 is 22.4 Å². The predicted octanol–water partition coefficient (Wildman–Crippen LogP) is 3.10. The van der Waals surface area contributed by atoms with Gasteiger partial charge >= 0.3 is 12.1 Å². The molecule has 3 nitrogen and oxygen atoms in total. The number of rotatable bonds is 3. The minimum atomic E-state index is -4.58. The number of carbonyl (C=O) groups is 2. The van der Waals surface area contributed by atoms with E-state index in [0.717, 1.165) is 19.9 Å². The molecule has 0 radical (unpaired) electrons. The van der Waals surface area contributed by atoms with Crippen LogP contribution in [0.3, 0.4) is 0 Å². The van der Waals surface area contributed by atoms with E-state index in [1.54, 1.807) is 0 Å². The molecule has 0 aliphatic heterocycles. The molecule has 0 fully saturated rings. The quantitative estimate of drug-likeness (QED) is 0.855. The van der Waals surface area contributed by atoms with E-state index in [-0.39, 0.29) is 10.4 Å². The van der Waals surface area contributed by atoms with Gasteiger partial charge in [-0.1, -0.05) is 0 Å². The fourth-order valence-corrected chi connectivity index (χ4v) is 2.22. The summed E-state index contributed by atoms with van der Waals surface area (Å²) in [4.78, 5) is 20.9. The average molecular weight is 266 g/mol. The van der Waals surface area contributed by atoms with Crippen molar-refractivity contribution in [2.45, 2.75) is 25.4 Å². The second-order valence-corrected chi connectivity index (χ2v) is 5.02. The Balaban J connectivity index is 3.44. The SMILES string of the molecule is CC(C)(c1cc(C=O)sc1C(=O)O)C(F)(F)F. The highest BCUT2D eigenvalue weighted by Gasteiger charge is 2.50. The van der Waals surface area contributed by atoms with Crippen LogP contribution in [0.4, 0.5) is 13.2 Å². The summed E-state index contributed by atoms with van der Waals surface area (Å²) in [7, 11) is 0. The number of thiophene rings is 1. The third-order valence-corrected chi connectivity index (χ3v) is 3.49. The van der Waals surface area contributed by atoms with Crippen LogP contribution in [0.15, 0.2) is 6.07 Å². The van der Waals surface area contributed by atoms with Crippen LogP contribution in [0.25, 0.3) is 0 Å². The Bertz CT molecular complexity index is 460. The Hall–Kier alpha value is -1.37. The molecule has 1 aromatic heterocycles. The molecule has 0 unspecified atom stereocenters. The third kappa shape index (κ3) is 2.33. The number of alkyl halides is 3. The van der Waals surface area contributed by atoms with Crippen molar-refractivity contribution < 1.29 is 27.9 Å². The number of aldehydes is 1. The zero-order valence-corrected chi connectivity index (χ0v) is 9.78. The Kier molecular flexibility index (Phi) is 3.33. The first-order chi connectivity index (χ1) is 7.61. The second kappa shape index (κ2) is 4.14. The number of hydrogen-bond acceptors (Lipinski definition) is 3. The van der Waals surface area contributed by atoms with Crippen LogP contribution in [0.2, 0.25) is 0 Å². The molecule has 0 aromatic carbocycles. The first-order valence-electron chi connectivity index (χ1n) is 4.50. The van der Waals surface area contributed by atoms with Crippen molar-refractivity contribution in [2.24, 2.45) is 0 Å². The highest BCUT2D eigenvalue weighted by atomic mass is 32.1. The van der Waals surface area contributed by atoms with Crippen LogP contribution >= 0.6 is 11.3 Å². The van der Waals surface area contributed by atoms with Gasteiger partial charge in [-0.2, -0.15) is 13.2 Å². The number of carboxylic acid groups (broad SMARTS) is 1. The van der Waals surface area contributed by atoms with E-state index in [1.807, 2.05) is 0 Å². The largest absolute Gasteiger partial charge is 0.477 e. The molecule has 0 amide bonds. The molecule has 0 aliphatic rings. The van der Waals surface area contributed by atoms with Crippen LogP contribution in [-0.2, 0) is 5.41 Å². The number of halogens is 3. The summed E-state index contributed by atoms with van der Waals surface area (Å²) in [5.74, 6) is -1.46. The van der Waals surface area contributed by atoms with Gasteiger partial charge in [0.1, 0.15) is 4.88 Å². The van der Waals surface area contributed by atoms with Crippen molar-refractivity contribution in [3.63, 3.8) is 0 Å². The molecule has 1 rings (SSSR count). The molecule has 0 saturated carbocycles. The summed E-state index contributed by atoms with van der Waals surface area (Å²) < 4.78 is 38.4. The van der Waals surface area contributed by atoms with E-state index in [9.17, 15) is 22.8 Å². The lowest BCUT2D eigenvalue weighted by molar-refractivity contribution is -0.180. The van der Waals surface area contributed by atoms with Gasteiger partial charge in [-0.05, 0) is 25.5 Å². The van der Waals surface area contributed by atoms with E-state index in [2.05, 4.69) is 0 Å². The molecule has 1 N–H and O–H groups in total. The summed E-state index contributed by atoms with van der Waals surface area (Å²) in [5.41, 5.74) is -2.69. The minimum absolute atomic E-state index is 0.0327. The normalized spacial score (nSPS) is 12.5. The highest BCUT2D eigenvalue weighted by Crippen LogP contribution is 2.43. The summed E-state index contributed by atoms with van der Waals surface area (Å²) >= 11 is 0.543. The van der Waals surface area contributed by atoms with Gasteiger partial charge < -0.3 is 5.11 Å². The average Bonchev–Trinajstić information content (AvgIpc) is 2.59. The van der Waals surface area contributed by atoms with Crippen molar-refractivity contribution in [2.75, 3.05) is 0 Å². The molecular weight excluding hydrogens is 257 g/mol. The zero-order chi connectivity index (χ0) is 13.4. The molecule has 1 aromatic rings. The minimum Gasteiger partial charge on any atom is -0.477 e. The van der Waals surface area contributed by atoms with E-state index >= 15 is 0 Å². The number of carboxylic acids is 1. The third-order valence-electron chi connectivity index (χ3n) is 2.44. The van der Waals surface area contributed by atoms with Gasteiger partial charge in [0.15, 0.2) is 6.29 Å². The van der Waals surface area contributed by atoms with Crippen molar-refractivity contribution in [1.29, 1.82) is 0 Å². The predicted molar refractivity (Wildman–Crippen MR) is 55.7 cm³/mol. The van der Waals surface area contributed by atoms with Gasteiger partial charge in [-0.3, -0.25) is 4.79 Å². The van der Waals surface area contributed by atoms with Crippen LogP contribution < -0.4 is 0 Å². The summed E-state index contributed by atoms with van der Waals surface area (Å²) in [6.07, 6.45) is -4.24. The van der Waals surface area contributed by atoms with Gasteiger partial charge in [0.2, 0.25) is 0 Å². The first kappa shape index (κ1) is 13.7. The molecule has 0 saturated heterocycles. The molecule has 0 aliphatic carbocycles. The molecule has 7 heteroatoms. The number of hydrogen-bond donors (Lipinski definition) is 1. The van der Waals surface area contributed by atoms with Gasteiger partial charge in [0.25, 0.3) is 0 Å². The highest BCUT2D eigenvalue weighted by molar-refractivity contribution is 7.15. The maximum atomic E-state index is 12.8. The standard InChI is InChI=1S/C10H9F3O3S/c1-9(2,10(11,12)13)6-3-5(4-14)17-7(6)8(15)16/h3-4H,1-2H3,(H,15,16). The van der Waals surface area contributed by atoms with Crippen molar-refractivity contribution in [1.82, 2.24) is 0 Å². The molecular formula is C10H9F3O3S. The fourth-order valence-electron chi connectivity index (χ4n) is 1.24. The summed E-state index contributed by atoms with van der Waals surface area (Å²) in [6, 6.07) is 0.981. The van der Waals surface area contributed by atoms with Gasteiger partial charge in [0.05, 0.1) is 10.3 Å². The summed E-state index contributed by atoms with van der Waals surface area (Å²) in [5, 5.41) is 8.83. The summed E-state index contributed by atoms with van der Waals surface area (Å²) in [6.45, 7) is 1.77. The van der Waals surface area contributed by atoms with Gasteiger partial charge in [-0.15, -0.1) is 11.3 Å². The molecule has 0 atom stereocenters. The Morgan fingerprint density at radius 2 is 1.94 bits per heavy atom.